The number of halogens is 1. The highest BCUT2D eigenvalue weighted by Crippen LogP contribution is 2.29. The predicted octanol–water partition coefficient (Wildman–Crippen LogP) is 4.26. The number of ether oxygens (including phenoxy) is 2. The lowest BCUT2D eigenvalue weighted by molar-refractivity contribution is 0.102. The third-order valence-corrected chi connectivity index (χ3v) is 6.44. The number of amides is 1. The number of rotatable bonds is 10. The van der Waals surface area contributed by atoms with Crippen molar-refractivity contribution in [2.24, 2.45) is 0 Å². The Labute approximate surface area is 212 Å². The maximum atomic E-state index is 12.7. The van der Waals surface area contributed by atoms with Crippen molar-refractivity contribution in [2.45, 2.75) is 40.9 Å². The first-order chi connectivity index (χ1) is 16.9. The van der Waals surface area contributed by atoms with Gasteiger partial charge in [0, 0.05) is 12.4 Å². The Hall–Kier alpha value is -3.60. The molecule has 0 spiro atoms. The molecule has 0 saturated carbocycles. The van der Waals surface area contributed by atoms with Gasteiger partial charge in [-0.05, 0) is 67.4 Å². The van der Waals surface area contributed by atoms with Gasteiger partial charge < -0.3 is 14.8 Å². The Kier molecular flexibility index (Phi) is 7.54. The second-order valence-corrected chi connectivity index (χ2v) is 8.69. The van der Waals surface area contributed by atoms with Crippen LogP contribution >= 0.6 is 15.9 Å². The number of aromatic nitrogens is 6. The fourth-order valence-electron chi connectivity index (χ4n) is 3.60. The highest BCUT2D eigenvalue weighted by molar-refractivity contribution is 9.10. The molecule has 0 bridgehead atoms. The van der Waals surface area contributed by atoms with Crippen LogP contribution in [-0.4, -0.2) is 48.5 Å². The van der Waals surface area contributed by atoms with Gasteiger partial charge in [0.25, 0.3) is 5.91 Å². The average molecular weight is 542 g/mol. The van der Waals surface area contributed by atoms with Crippen LogP contribution in [0.25, 0.3) is 0 Å². The van der Waals surface area contributed by atoms with Gasteiger partial charge in [-0.3, -0.25) is 14.2 Å². The zero-order valence-corrected chi connectivity index (χ0v) is 21.7. The third-order valence-electron chi connectivity index (χ3n) is 5.29. The Bertz CT molecular complexity index is 1320. The number of carbonyl (C=O) groups excluding carboxylic acids is 1. The number of hydrogen-bond donors (Lipinski definition) is 1. The molecule has 3 heterocycles. The predicted molar refractivity (Wildman–Crippen MR) is 135 cm³/mol. The SMILES string of the molecule is CCOc1ccc(Cn2cc(NC(=O)c3ccn(Cn4nc(C)c(Br)c4C)n3)cn2)cc1OCC. The van der Waals surface area contributed by atoms with Crippen LogP contribution in [-0.2, 0) is 13.2 Å². The van der Waals surface area contributed by atoms with E-state index in [1.165, 1.54) is 0 Å². The standard InChI is InChI=1S/C24H28BrN7O3/c1-5-34-21-8-7-18(11-22(21)35-6-2)13-31-14-19(12-26-31)27-24(33)20-9-10-30(29-20)15-32-17(4)23(25)16(3)28-32/h7-12,14H,5-6,13,15H2,1-4H3,(H,27,33). The molecule has 0 atom stereocenters. The van der Waals surface area contributed by atoms with Crippen molar-refractivity contribution in [3.63, 3.8) is 0 Å². The number of carbonyl (C=O) groups is 1. The van der Waals surface area contributed by atoms with Crippen molar-refractivity contribution >= 4 is 27.5 Å². The van der Waals surface area contributed by atoms with Crippen molar-refractivity contribution in [3.8, 4) is 11.5 Å². The van der Waals surface area contributed by atoms with Gasteiger partial charge in [-0.25, -0.2) is 4.68 Å². The van der Waals surface area contributed by atoms with Gasteiger partial charge in [0.1, 0.15) is 6.67 Å². The summed E-state index contributed by atoms with van der Waals surface area (Å²) in [6, 6.07) is 7.50. The van der Waals surface area contributed by atoms with Crippen molar-refractivity contribution in [1.82, 2.24) is 29.3 Å². The van der Waals surface area contributed by atoms with Gasteiger partial charge in [0.15, 0.2) is 17.2 Å². The molecule has 3 aromatic heterocycles. The number of aryl methyl sites for hydroxylation is 1. The highest BCUT2D eigenvalue weighted by atomic mass is 79.9. The van der Waals surface area contributed by atoms with E-state index in [0.29, 0.717) is 43.6 Å². The monoisotopic (exact) mass is 541 g/mol. The Balaban J connectivity index is 1.39. The molecular formula is C24H28BrN7O3. The summed E-state index contributed by atoms with van der Waals surface area (Å²) in [7, 11) is 0. The van der Waals surface area contributed by atoms with Gasteiger partial charge in [0.2, 0.25) is 0 Å². The van der Waals surface area contributed by atoms with Crippen LogP contribution < -0.4 is 14.8 Å². The second-order valence-electron chi connectivity index (χ2n) is 7.89. The summed E-state index contributed by atoms with van der Waals surface area (Å²) >= 11 is 3.52. The molecule has 184 valence electrons. The summed E-state index contributed by atoms with van der Waals surface area (Å²) in [6.07, 6.45) is 5.14. The summed E-state index contributed by atoms with van der Waals surface area (Å²) < 4.78 is 17.5. The van der Waals surface area contributed by atoms with E-state index in [0.717, 1.165) is 27.2 Å². The van der Waals surface area contributed by atoms with E-state index in [9.17, 15) is 4.79 Å². The van der Waals surface area contributed by atoms with Crippen molar-refractivity contribution in [3.05, 3.63) is 70.0 Å². The number of anilines is 1. The summed E-state index contributed by atoms with van der Waals surface area (Å²) in [5.41, 5.74) is 3.81. The number of hydrogen-bond acceptors (Lipinski definition) is 6. The van der Waals surface area contributed by atoms with E-state index >= 15 is 0 Å². The third kappa shape index (κ3) is 5.73. The fourth-order valence-corrected chi connectivity index (χ4v) is 3.89. The molecule has 0 aliphatic rings. The molecule has 35 heavy (non-hydrogen) atoms. The summed E-state index contributed by atoms with van der Waals surface area (Å²) in [5, 5.41) is 16.1. The summed E-state index contributed by atoms with van der Waals surface area (Å²) in [5.74, 6) is 1.12. The van der Waals surface area contributed by atoms with Gasteiger partial charge in [-0.15, -0.1) is 0 Å². The first-order valence-corrected chi connectivity index (χ1v) is 12.1. The van der Waals surface area contributed by atoms with Crippen LogP contribution in [0.4, 0.5) is 5.69 Å². The van der Waals surface area contributed by atoms with Crippen molar-refractivity contribution in [1.29, 1.82) is 0 Å². The summed E-state index contributed by atoms with van der Waals surface area (Å²) in [4.78, 5) is 12.7. The minimum Gasteiger partial charge on any atom is -0.490 e. The molecule has 0 unspecified atom stereocenters. The lowest BCUT2D eigenvalue weighted by atomic mass is 10.2. The number of benzene rings is 1. The topological polar surface area (TPSA) is 101 Å². The molecule has 0 saturated heterocycles. The van der Waals surface area contributed by atoms with Crippen LogP contribution in [0.15, 0.2) is 47.3 Å². The van der Waals surface area contributed by atoms with Gasteiger partial charge >= 0.3 is 0 Å². The second kappa shape index (κ2) is 10.8. The molecule has 0 radical (unpaired) electrons. The molecular weight excluding hydrogens is 514 g/mol. The maximum absolute atomic E-state index is 12.7. The highest BCUT2D eigenvalue weighted by Gasteiger charge is 2.14. The minimum absolute atomic E-state index is 0.308. The largest absolute Gasteiger partial charge is 0.490 e. The molecule has 0 aliphatic carbocycles. The minimum atomic E-state index is -0.308. The van der Waals surface area contributed by atoms with Crippen molar-refractivity contribution in [2.75, 3.05) is 18.5 Å². The Morgan fingerprint density at radius 3 is 2.54 bits per heavy atom. The molecule has 4 rings (SSSR count). The van der Waals surface area contributed by atoms with E-state index < -0.39 is 0 Å². The van der Waals surface area contributed by atoms with Gasteiger partial charge in [-0.1, -0.05) is 6.07 Å². The molecule has 1 aromatic carbocycles. The average Bonchev–Trinajstić information content (AvgIpc) is 3.54. The Morgan fingerprint density at radius 1 is 1.06 bits per heavy atom. The van der Waals surface area contributed by atoms with Crippen LogP contribution in [0.5, 0.6) is 11.5 Å². The molecule has 1 amide bonds. The first-order valence-electron chi connectivity index (χ1n) is 11.3. The normalized spacial score (nSPS) is 11.0. The van der Waals surface area contributed by atoms with Crippen LogP contribution in [0.1, 0.15) is 41.3 Å². The van der Waals surface area contributed by atoms with Crippen molar-refractivity contribution < 1.29 is 14.3 Å². The molecule has 10 nitrogen and oxygen atoms in total. The molecule has 11 heteroatoms. The van der Waals surface area contributed by atoms with Crippen LogP contribution in [0.3, 0.4) is 0 Å². The fraction of sp³-hybridized carbons (Fsp3) is 0.333. The molecule has 0 aliphatic heterocycles. The number of nitrogens with one attached hydrogen (secondary N) is 1. The quantitative estimate of drug-likeness (QED) is 0.322. The first kappa shape index (κ1) is 24.5. The van der Waals surface area contributed by atoms with E-state index in [1.54, 1.807) is 34.0 Å². The zero-order valence-electron chi connectivity index (χ0n) is 20.2. The lowest BCUT2D eigenvalue weighted by Crippen LogP contribution is -2.15. The van der Waals surface area contributed by atoms with E-state index in [2.05, 4.69) is 36.5 Å². The van der Waals surface area contributed by atoms with Gasteiger partial charge in [-0.2, -0.15) is 15.3 Å². The lowest BCUT2D eigenvalue weighted by Gasteiger charge is -2.12. The Morgan fingerprint density at radius 2 is 1.83 bits per heavy atom. The van der Waals surface area contributed by atoms with E-state index in [4.69, 9.17) is 9.47 Å². The molecule has 1 N–H and O–H groups in total. The number of nitrogens with zero attached hydrogens (tertiary/aromatic N) is 6. The maximum Gasteiger partial charge on any atom is 0.276 e. The summed E-state index contributed by atoms with van der Waals surface area (Å²) in [6.45, 7) is 9.84. The molecule has 4 aromatic rings. The zero-order chi connectivity index (χ0) is 24.9. The molecule has 0 fully saturated rings. The van der Waals surface area contributed by atoms with E-state index in [-0.39, 0.29) is 5.91 Å². The van der Waals surface area contributed by atoms with Crippen LogP contribution in [0, 0.1) is 13.8 Å². The smallest absolute Gasteiger partial charge is 0.276 e. The van der Waals surface area contributed by atoms with Crippen LogP contribution in [0.2, 0.25) is 0 Å². The van der Waals surface area contributed by atoms with E-state index in [1.807, 2.05) is 50.6 Å². The van der Waals surface area contributed by atoms with Gasteiger partial charge in [0.05, 0.1) is 47.5 Å².